The molecule has 6 heteroatoms. The molecular formula is C16H22Cl2N2OS. The van der Waals surface area contributed by atoms with Gasteiger partial charge in [-0.05, 0) is 25.0 Å². The molecule has 0 unspecified atom stereocenters. The number of nitrogens with zero attached hydrogens (tertiary/aromatic N) is 2. The summed E-state index contributed by atoms with van der Waals surface area (Å²) >= 11 is 2.01. The van der Waals surface area contributed by atoms with E-state index in [1.54, 1.807) is 0 Å². The number of para-hydroxylation sites is 1. The van der Waals surface area contributed by atoms with Crippen LogP contribution in [0.5, 0.6) is 5.88 Å². The summed E-state index contributed by atoms with van der Waals surface area (Å²) in [7, 11) is 0. The maximum absolute atomic E-state index is 5.81. The van der Waals surface area contributed by atoms with Crippen LogP contribution in [0.2, 0.25) is 0 Å². The van der Waals surface area contributed by atoms with Crippen LogP contribution in [0.4, 0.5) is 0 Å². The topological polar surface area (TPSA) is 25.4 Å². The van der Waals surface area contributed by atoms with Crippen LogP contribution in [-0.2, 0) is 0 Å². The second kappa shape index (κ2) is 9.46. The Morgan fingerprint density at radius 3 is 2.86 bits per heavy atom. The van der Waals surface area contributed by atoms with Gasteiger partial charge in [0, 0.05) is 36.2 Å². The summed E-state index contributed by atoms with van der Waals surface area (Å²) in [6, 6.07) is 10.2. The van der Waals surface area contributed by atoms with Gasteiger partial charge in [0.1, 0.15) is 0 Å². The number of halogens is 2. The minimum Gasteiger partial charge on any atom is -0.478 e. The lowest BCUT2D eigenvalue weighted by atomic mass is 10.1. The molecule has 1 aromatic heterocycles. The highest BCUT2D eigenvalue weighted by Gasteiger charge is 2.11. The van der Waals surface area contributed by atoms with Crippen molar-refractivity contribution in [1.29, 1.82) is 0 Å². The molecule has 1 aliphatic rings. The van der Waals surface area contributed by atoms with Gasteiger partial charge in [-0.25, -0.2) is 4.98 Å². The van der Waals surface area contributed by atoms with Crippen LogP contribution in [-0.4, -0.2) is 41.2 Å². The average molecular weight is 361 g/mol. The van der Waals surface area contributed by atoms with Crippen LogP contribution >= 0.6 is 36.6 Å². The van der Waals surface area contributed by atoms with Gasteiger partial charge in [0.05, 0.1) is 12.1 Å². The summed E-state index contributed by atoms with van der Waals surface area (Å²) in [6.07, 6.45) is 1.06. The predicted molar refractivity (Wildman–Crippen MR) is 100.0 cm³/mol. The Labute approximate surface area is 148 Å². The van der Waals surface area contributed by atoms with Crippen molar-refractivity contribution in [2.45, 2.75) is 13.3 Å². The van der Waals surface area contributed by atoms with E-state index in [2.05, 4.69) is 22.9 Å². The summed E-state index contributed by atoms with van der Waals surface area (Å²) in [5.74, 6) is 3.19. The number of pyridine rings is 1. The van der Waals surface area contributed by atoms with Crippen LogP contribution in [0, 0.1) is 6.92 Å². The molecule has 1 aliphatic heterocycles. The highest BCUT2D eigenvalue weighted by molar-refractivity contribution is 7.99. The number of aromatic nitrogens is 1. The SMILES string of the molecule is Cc1cc(OCCCN2CCSC2)nc2ccccc12.Cl.Cl. The van der Waals surface area contributed by atoms with Crippen molar-refractivity contribution in [3.8, 4) is 5.88 Å². The fraction of sp³-hybridized carbons (Fsp3) is 0.438. The fourth-order valence-corrected chi connectivity index (χ4v) is 3.52. The maximum atomic E-state index is 5.81. The molecule has 0 spiro atoms. The fourth-order valence-electron chi connectivity index (χ4n) is 2.49. The minimum absolute atomic E-state index is 0. The molecule has 0 saturated carbocycles. The van der Waals surface area contributed by atoms with E-state index >= 15 is 0 Å². The van der Waals surface area contributed by atoms with Crippen LogP contribution in [0.3, 0.4) is 0 Å². The van der Waals surface area contributed by atoms with Crippen molar-refractivity contribution in [1.82, 2.24) is 9.88 Å². The average Bonchev–Trinajstić information content (AvgIpc) is 2.97. The van der Waals surface area contributed by atoms with Crippen molar-refractivity contribution in [2.24, 2.45) is 0 Å². The largest absolute Gasteiger partial charge is 0.478 e. The minimum atomic E-state index is 0. The van der Waals surface area contributed by atoms with E-state index in [9.17, 15) is 0 Å². The van der Waals surface area contributed by atoms with E-state index in [4.69, 9.17) is 4.74 Å². The highest BCUT2D eigenvalue weighted by Crippen LogP contribution is 2.21. The Balaban J connectivity index is 0.00000121. The van der Waals surface area contributed by atoms with Gasteiger partial charge in [-0.15, -0.1) is 36.6 Å². The molecule has 0 bridgehead atoms. The van der Waals surface area contributed by atoms with Gasteiger partial charge in [0.2, 0.25) is 5.88 Å². The normalized spacial score (nSPS) is 14.4. The first-order chi connectivity index (χ1) is 9.83. The zero-order chi connectivity index (χ0) is 13.8. The summed E-state index contributed by atoms with van der Waals surface area (Å²) in [4.78, 5) is 7.04. The van der Waals surface area contributed by atoms with Gasteiger partial charge in [-0.2, -0.15) is 0 Å². The lowest BCUT2D eigenvalue weighted by molar-refractivity contribution is 0.262. The van der Waals surface area contributed by atoms with Crippen molar-refractivity contribution in [3.63, 3.8) is 0 Å². The van der Waals surface area contributed by atoms with E-state index in [-0.39, 0.29) is 24.8 Å². The van der Waals surface area contributed by atoms with Gasteiger partial charge in [-0.3, -0.25) is 4.90 Å². The van der Waals surface area contributed by atoms with Crippen molar-refractivity contribution >= 4 is 47.5 Å². The summed E-state index contributed by atoms with van der Waals surface area (Å²) < 4.78 is 5.81. The standard InChI is InChI=1S/C16H20N2OS.2ClH/c1-13-11-16(17-15-6-3-2-5-14(13)15)19-9-4-7-18-8-10-20-12-18;;/h2-3,5-6,11H,4,7-10,12H2,1H3;2*1H. The molecule has 1 saturated heterocycles. The Morgan fingerprint density at radius 2 is 2.09 bits per heavy atom. The summed E-state index contributed by atoms with van der Waals surface area (Å²) in [5.41, 5.74) is 2.24. The lowest BCUT2D eigenvalue weighted by Crippen LogP contribution is -2.22. The van der Waals surface area contributed by atoms with Gasteiger partial charge < -0.3 is 4.74 Å². The second-order valence-electron chi connectivity index (χ2n) is 5.15. The molecule has 0 atom stereocenters. The Hall–Kier alpha value is -0.680. The molecular weight excluding hydrogens is 339 g/mol. The number of rotatable bonds is 5. The molecule has 0 amide bonds. The third-order valence-corrected chi connectivity index (χ3v) is 4.61. The molecule has 2 aromatic rings. The van der Waals surface area contributed by atoms with Gasteiger partial charge in [-0.1, -0.05) is 18.2 Å². The van der Waals surface area contributed by atoms with E-state index in [1.807, 2.05) is 36.0 Å². The molecule has 0 N–H and O–H groups in total. The van der Waals surface area contributed by atoms with Crippen LogP contribution < -0.4 is 4.74 Å². The number of hydrogen-bond acceptors (Lipinski definition) is 4. The number of hydrogen-bond donors (Lipinski definition) is 0. The monoisotopic (exact) mass is 360 g/mol. The first-order valence-corrected chi connectivity index (χ1v) is 8.28. The van der Waals surface area contributed by atoms with Crippen LogP contribution in [0.25, 0.3) is 10.9 Å². The molecule has 1 fully saturated rings. The predicted octanol–water partition coefficient (Wildman–Crippen LogP) is 4.16. The maximum Gasteiger partial charge on any atom is 0.214 e. The number of aryl methyl sites for hydroxylation is 1. The van der Waals surface area contributed by atoms with Crippen LogP contribution in [0.1, 0.15) is 12.0 Å². The van der Waals surface area contributed by atoms with Crippen LogP contribution in [0.15, 0.2) is 30.3 Å². The van der Waals surface area contributed by atoms with E-state index in [0.717, 1.165) is 31.0 Å². The highest BCUT2D eigenvalue weighted by atomic mass is 35.5. The summed E-state index contributed by atoms with van der Waals surface area (Å²) in [5, 5.41) is 1.20. The molecule has 0 radical (unpaired) electrons. The zero-order valence-corrected chi connectivity index (χ0v) is 15.1. The molecule has 22 heavy (non-hydrogen) atoms. The molecule has 3 nitrogen and oxygen atoms in total. The van der Waals surface area contributed by atoms with Crippen molar-refractivity contribution in [3.05, 3.63) is 35.9 Å². The van der Waals surface area contributed by atoms with E-state index < -0.39 is 0 Å². The van der Waals surface area contributed by atoms with Crippen molar-refractivity contribution in [2.75, 3.05) is 31.3 Å². The van der Waals surface area contributed by atoms with Gasteiger partial charge in [0.15, 0.2) is 0 Å². The third kappa shape index (κ3) is 4.92. The zero-order valence-electron chi connectivity index (χ0n) is 12.7. The third-order valence-electron chi connectivity index (χ3n) is 3.59. The quantitative estimate of drug-likeness (QED) is 0.747. The number of ether oxygens (including phenoxy) is 1. The molecule has 0 aliphatic carbocycles. The first kappa shape index (κ1) is 19.4. The molecule has 122 valence electrons. The number of thioether (sulfide) groups is 1. The molecule has 3 rings (SSSR count). The number of benzene rings is 1. The smallest absolute Gasteiger partial charge is 0.214 e. The Kier molecular flexibility index (Phi) is 8.33. The van der Waals surface area contributed by atoms with E-state index in [1.165, 1.54) is 29.1 Å². The summed E-state index contributed by atoms with van der Waals surface area (Å²) in [6.45, 7) is 5.20. The van der Waals surface area contributed by atoms with Gasteiger partial charge >= 0.3 is 0 Å². The van der Waals surface area contributed by atoms with Gasteiger partial charge in [0.25, 0.3) is 0 Å². The Morgan fingerprint density at radius 1 is 1.27 bits per heavy atom. The lowest BCUT2D eigenvalue weighted by Gasteiger charge is -2.13. The Bertz CT molecular complexity index is 591. The molecule has 1 aromatic carbocycles. The second-order valence-corrected chi connectivity index (χ2v) is 6.23. The number of fused-ring (bicyclic) bond motifs is 1. The van der Waals surface area contributed by atoms with Crippen molar-refractivity contribution < 1.29 is 4.74 Å². The first-order valence-electron chi connectivity index (χ1n) is 7.12. The molecule has 2 heterocycles. The van der Waals surface area contributed by atoms with E-state index in [0.29, 0.717) is 0 Å².